The molecule has 2 aromatic carbocycles. The van der Waals surface area contributed by atoms with Gasteiger partial charge in [-0.05, 0) is 29.7 Å². The molecular formula is C21H18FN3O3. The van der Waals surface area contributed by atoms with E-state index >= 15 is 0 Å². The summed E-state index contributed by atoms with van der Waals surface area (Å²) < 4.78 is 14.4. The van der Waals surface area contributed by atoms with E-state index in [0.29, 0.717) is 16.6 Å². The van der Waals surface area contributed by atoms with Gasteiger partial charge < -0.3 is 15.4 Å². The van der Waals surface area contributed by atoms with Gasteiger partial charge in [-0.3, -0.25) is 9.59 Å². The molecule has 1 amide bonds. The number of amides is 1. The Morgan fingerprint density at radius 1 is 1.25 bits per heavy atom. The van der Waals surface area contributed by atoms with E-state index in [1.54, 1.807) is 0 Å². The molecule has 28 heavy (non-hydrogen) atoms. The first kappa shape index (κ1) is 19.1. The fourth-order valence-electron chi connectivity index (χ4n) is 2.91. The molecule has 0 unspecified atom stereocenters. The van der Waals surface area contributed by atoms with Crippen LogP contribution >= 0.6 is 0 Å². The van der Waals surface area contributed by atoms with Crippen LogP contribution in [0.15, 0.2) is 41.3 Å². The average Bonchev–Trinajstić information content (AvgIpc) is 2.63. The minimum Gasteiger partial charge on any atom is -0.508 e. The number of benzene rings is 2. The molecule has 3 aromatic rings. The van der Waals surface area contributed by atoms with Crippen LogP contribution in [0.2, 0.25) is 0 Å². The number of nitriles is 1. The number of rotatable bonds is 2. The Labute approximate surface area is 160 Å². The van der Waals surface area contributed by atoms with Gasteiger partial charge in [0, 0.05) is 23.2 Å². The van der Waals surface area contributed by atoms with Crippen molar-refractivity contribution in [1.29, 1.82) is 5.26 Å². The Morgan fingerprint density at radius 2 is 1.96 bits per heavy atom. The SMILES string of the molecule is CC(C)(C)c1cc(F)c(NC(=O)c2c[nH]c3cc(C#N)ccc3c2=O)cc1O. The fourth-order valence-corrected chi connectivity index (χ4v) is 2.91. The Balaban J connectivity index is 1.98. The maximum Gasteiger partial charge on any atom is 0.261 e. The highest BCUT2D eigenvalue weighted by Gasteiger charge is 2.22. The van der Waals surface area contributed by atoms with Crippen LogP contribution in [0.4, 0.5) is 10.1 Å². The Morgan fingerprint density at radius 3 is 2.61 bits per heavy atom. The van der Waals surface area contributed by atoms with Gasteiger partial charge in [-0.25, -0.2) is 4.39 Å². The van der Waals surface area contributed by atoms with Crippen LogP contribution in [-0.2, 0) is 5.41 Å². The van der Waals surface area contributed by atoms with Gasteiger partial charge in [-0.1, -0.05) is 20.8 Å². The van der Waals surface area contributed by atoms with Crippen LogP contribution in [0.5, 0.6) is 5.75 Å². The Kier molecular flexibility index (Phi) is 4.65. The summed E-state index contributed by atoms with van der Waals surface area (Å²) in [6, 6.07) is 8.69. The molecule has 0 saturated heterocycles. The molecule has 0 fully saturated rings. The molecule has 0 aliphatic rings. The van der Waals surface area contributed by atoms with E-state index in [4.69, 9.17) is 5.26 Å². The number of carbonyl (C=O) groups excluding carboxylic acids is 1. The second-order valence-electron chi connectivity index (χ2n) is 7.46. The Hall–Kier alpha value is -3.66. The van der Waals surface area contributed by atoms with Gasteiger partial charge >= 0.3 is 0 Å². The highest BCUT2D eigenvalue weighted by molar-refractivity contribution is 6.05. The number of aromatic nitrogens is 1. The van der Waals surface area contributed by atoms with E-state index in [0.717, 1.165) is 6.07 Å². The minimum atomic E-state index is -0.811. The van der Waals surface area contributed by atoms with E-state index < -0.39 is 22.6 Å². The first-order valence-corrected chi connectivity index (χ1v) is 8.51. The van der Waals surface area contributed by atoms with Crippen LogP contribution < -0.4 is 10.7 Å². The number of H-pyrrole nitrogens is 1. The van der Waals surface area contributed by atoms with E-state index in [1.165, 1.54) is 30.5 Å². The van der Waals surface area contributed by atoms with Crippen molar-refractivity contribution >= 4 is 22.5 Å². The average molecular weight is 379 g/mol. The number of fused-ring (bicyclic) bond motifs is 1. The van der Waals surface area contributed by atoms with Crippen molar-refractivity contribution < 1.29 is 14.3 Å². The molecular weight excluding hydrogens is 361 g/mol. The number of pyridine rings is 1. The predicted octanol–water partition coefficient (Wildman–Crippen LogP) is 3.79. The lowest BCUT2D eigenvalue weighted by Gasteiger charge is -2.21. The highest BCUT2D eigenvalue weighted by atomic mass is 19.1. The summed E-state index contributed by atoms with van der Waals surface area (Å²) in [6.45, 7) is 5.48. The van der Waals surface area contributed by atoms with E-state index in [2.05, 4.69) is 10.3 Å². The molecule has 7 heteroatoms. The summed E-state index contributed by atoms with van der Waals surface area (Å²) in [5, 5.41) is 21.7. The number of carbonyl (C=O) groups is 1. The molecule has 1 heterocycles. The van der Waals surface area contributed by atoms with Crippen molar-refractivity contribution in [1.82, 2.24) is 4.98 Å². The summed E-state index contributed by atoms with van der Waals surface area (Å²) in [7, 11) is 0. The van der Waals surface area contributed by atoms with Gasteiger partial charge in [0.15, 0.2) is 0 Å². The van der Waals surface area contributed by atoms with Crippen molar-refractivity contribution in [2.45, 2.75) is 26.2 Å². The maximum atomic E-state index is 14.4. The molecule has 0 saturated carbocycles. The monoisotopic (exact) mass is 379 g/mol. The van der Waals surface area contributed by atoms with Crippen molar-refractivity contribution in [3.8, 4) is 11.8 Å². The number of anilines is 1. The lowest BCUT2D eigenvalue weighted by molar-refractivity contribution is 0.102. The summed E-state index contributed by atoms with van der Waals surface area (Å²) in [4.78, 5) is 27.9. The number of hydrogen-bond acceptors (Lipinski definition) is 4. The second kappa shape index (κ2) is 6.82. The summed E-state index contributed by atoms with van der Waals surface area (Å²) in [5.41, 5.74) is -0.279. The molecule has 0 atom stereocenters. The Bertz CT molecular complexity index is 1200. The number of phenols is 1. The van der Waals surface area contributed by atoms with Gasteiger partial charge in [-0.2, -0.15) is 5.26 Å². The summed E-state index contributed by atoms with van der Waals surface area (Å²) in [6.07, 6.45) is 1.21. The second-order valence-corrected chi connectivity index (χ2v) is 7.46. The van der Waals surface area contributed by atoms with E-state index in [1.807, 2.05) is 26.8 Å². The molecule has 142 valence electrons. The maximum absolute atomic E-state index is 14.4. The van der Waals surface area contributed by atoms with Crippen molar-refractivity contribution in [3.63, 3.8) is 0 Å². The number of aromatic hydroxyl groups is 1. The fraction of sp³-hybridized carbons (Fsp3) is 0.190. The standard InChI is InChI=1S/C21H18FN3O3/c1-21(2,3)14-7-15(22)17(8-18(14)26)25-20(28)13-10-24-16-6-11(9-23)4-5-12(16)19(13)27/h4-8,10,26H,1-3H3,(H,24,27)(H,25,28). The number of aromatic amines is 1. The lowest BCUT2D eigenvalue weighted by Crippen LogP contribution is -2.22. The number of hydrogen-bond donors (Lipinski definition) is 3. The molecule has 0 radical (unpaired) electrons. The number of halogens is 1. The summed E-state index contributed by atoms with van der Waals surface area (Å²) >= 11 is 0. The molecule has 3 rings (SSSR count). The highest BCUT2D eigenvalue weighted by Crippen LogP contribution is 2.34. The third-order valence-electron chi connectivity index (χ3n) is 4.40. The van der Waals surface area contributed by atoms with Crippen molar-refractivity contribution in [2.75, 3.05) is 5.32 Å². The zero-order valence-electron chi connectivity index (χ0n) is 15.6. The molecule has 1 aromatic heterocycles. The van der Waals surface area contributed by atoms with Gasteiger partial charge in [0.1, 0.15) is 17.1 Å². The zero-order chi connectivity index (χ0) is 20.6. The first-order chi connectivity index (χ1) is 13.1. The van der Waals surface area contributed by atoms with Gasteiger partial charge in [0.2, 0.25) is 5.43 Å². The normalized spacial score (nSPS) is 11.2. The quantitative estimate of drug-likeness (QED) is 0.630. The lowest BCUT2D eigenvalue weighted by atomic mass is 9.86. The van der Waals surface area contributed by atoms with Gasteiger partial charge in [0.25, 0.3) is 5.91 Å². The largest absolute Gasteiger partial charge is 0.508 e. The van der Waals surface area contributed by atoms with Crippen molar-refractivity contribution in [2.24, 2.45) is 0 Å². The van der Waals surface area contributed by atoms with E-state index in [-0.39, 0.29) is 22.4 Å². The number of nitrogens with one attached hydrogen (secondary N) is 2. The van der Waals surface area contributed by atoms with Crippen LogP contribution in [0, 0.1) is 17.1 Å². The van der Waals surface area contributed by atoms with Crippen molar-refractivity contribution in [3.05, 3.63) is 69.3 Å². The zero-order valence-corrected chi connectivity index (χ0v) is 15.6. The minimum absolute atomic E-state index is 0.152. The number of phenolic OH excluding ortho intramolecular Hbond substituents is 1. The number of nitrogens with zero attached hydrogens (tertiary/aromatic N) is 1. The topological polar surface area (TPSA) is 106 Å². The first-order valence-electron chi connectivity index (χ1n) is 8.51. The van der Waals surface area contributed by atoms with Crippen LogP contribution in [-0.4, -0.2) is 16.0 Å². The van der Waals surface area contributed by atoms with Gasteiger partial charge in [0.05, 0.1) is 22.8 Å². The van der Waals surface area contributed by atoms with Gasteiger partial charge in [-0.15, -0.1) is 0 Å². The molecule has 0 bridgehead atoms. The molecule has 3 N–H and O–H groups in total. The molecule has 6 nitrogen and oxygen atoms in total. The smallest absolute Gasteiger partial charge is 0.261 e. The molecule has 0 aliphatic carbocycles. The van der Waals surface area contributed by atoms with Crippen LogP contribution in [0.3, 0.4) is 0 Å². The van der Waals surface area contributed by atoms with Crippen LogP contribution in [0.1, 0.15) is 42.3 Å². The molecule has 0 spiro atoms. The third-order valence-corrected chi connectivity index (χ3v) is 4.40. The van der Waals surface area contributed by atoms with E-state index in [9.17, 15) is 19.1 Å². The molecule has 0 aliphatic heterocycles. The summed E-state index contributed by atoms with van der Waals surface area (Å²) in [5.74, 6) is -1.68. The third kappa shape index (κ3) is 3.45. The van der Waals surface area contributed by atoms with Crippen LogP contribution in [0.25, 0.3) is 10.9 Å². The predicted molar refractivity (Wildman–Crippen MR) is 104 cm³/mol.